The van der Waals surface area contributed by atoms with Gasteiger partial charge in [0.15, 0.2) is 0 Å². The van der Waals surface area contributed by atoms with Gasteiger partial charge in [0, 0.05) is 18.5 Å². The van der Waals surface area contributed by atoms with Crippen LogP contribution in [-0.2, 0) is 11.2 Å². The maximum absolute atomic E-state index is 12.3. The van der Waals surface area contributed by atoms with Crippen molar-refractivity contribution in [2.45, 2.75) is 95.9 Å². The molecule has 0 aliphatic heterocycles. The van der Waals surface area contributed by atoms with E-state index in [1.54, 1.807) is 4.90 Å². The topological polar surface area (TPSA) is 29.5 Å². The molecule has 0 spiro atoms. The van der Waals surface area contributed by atoms with Gasteiger partial charge in [0.1, 0.15) is 12.8 Å². The molecule has 0 aromatic heterocycles. The van der Waals surface area contributed by atoms with E-state index < -0.39 is 12.8 Å². The lowest BCUT2D eigenvalue weighted by molar-refractivity contribution is 0.0300. The van der Waals surface area contributed by atoms with Gasteiger partial charge in [0.05, 0.1) is 0 Å². The highest BCUT2D eigenvalue weighted by molar-refractivity contribution is 8.29. The summed E-state index contributed by atoms with van der Waals surface area (Å²) < 4.78 is 5.48. The van der Waals surface area contributed by atoms with Gasteiger partial charge in [0.25, 0.3) is 0 Å². The molecule has 0 bridgehead atoms. The lowest BCUT2D eigenvalue weighted by Gasteiger charge is -2.42. The number of likely N-dealkylation sites (N-methyl/N-ethyl adjacent to an activating group) is 1. The summed E-state index contributed by atoms with van der Waals surface area (Å²) in [7, 11) is 0.221. The molecule has 0 heterocycles. The number of hydrogen-bond acceptors (Lipinski definition) is 3. The first-order chi connectivity index (χ1) is 12.8. The number of nitrogens with zero attached hydrogens (tertiary/aromatic N) is 1. The van der Waals surface area contributed by atoms with Crippen LogP contribution in [0.1, 0.15) is 67.9 Å². The highest BCUT2D eigenvalue weighted by Gasteiger charge is 2.44. The van der Waals surface area contributed by atoms with Crippen molar-refractivity contribution in [3.05, 3.63) is 29.8 Å². The van der Waals surface area contributed by atoms with Crippen molar-refractivity contribution >= 4 is 24.5 Å². The smallest absolute Gasteiger partial charge is 0.410 e. The van der Waals surface area contributed by atoms with E-state index in [9.17, 15) is 4.79 Å². The van der Waals surface area contributed by atoms with Crippen LogP contribution < -0.4 is 0 Å². The Labute approximate surface area is 178 Å². The molecule has 0 aliphatic carbocycles. The average Bonchev–Trinajstić information content (AvgIpc) is 2.55. The van der Waals surface area contributed by atoms with Crippen molar-refractivity contribution < 1.29 is 9.53 Å². The maximum Gasteiger partial charge on any atom is 0.410 e. The Morgan fingerprint density at radius 1 is 1.04 bits per heavy atom. The van der Waals surface area contributed by atoms with Crippen LogP contribution in [0.2, 0.25) is 16.6 Å². The van der Waals surface area contributed by atoms with E-state index in [4.69, 9.17) is 4.74 Å². The molecule has 1 rings (SSSR count). The standard InChI is InChI=1S/C23H41NO2SSi/c1-17(2)28(18(3)4,19(5)6)27-21-14-12-11-13-20(21)15-16-24(10)22(25)26-23(7,8)9/h11-14,17-19H,15-16H2,1-10H3. The highest BCUT2D eigenvalue weighted by atomic mass is 32.4. The summed E-state index contributed by atoms with van der Waals surface area (Å²) in [5.74, 6) is 0. The van der Waals surface area contributed by atoms with Crippen molar-refractivity contribution in [2.75, 3.05) is 13.6 Å². The van der Waals surface area contributed by atoms with E-state index in [2.05, 4.69) is 77.0 Å². The van der Waals surface area contributed by atoms with Crippen molar-refractivity contribution in [3.8, 4) is 0 Å². The van der Waals surface area contributed by atoms with Crippen molar-refractivity contribution in [1.82, 2.24) is 4.90 Å². The molecule has 0 saturated carbocycles. The molecule has 0 N–H and O–H groups in total. The molecule has 5 heteroatoms. The van der Waals surface area contributed by atoms with Gasteiger partial charge in [-0.3, -0.25) is 0 Å². The first-order valence-electron chi connectivity index (χ1n) is 10.5. The van der Waals surface area contributed by atoms with Gasteiger partial charge >= 0.3 is 6.09 Å². The van der Waals surface area contributed by atoms with E-state index >= 15 is 0 Å². The Morgan fingerprint density at radius 3 is 2.00 bits per heavy atom. The zero-order chi connectivity index (χ0) is 21.7. The first-order valence-corrected chi connectivity index (χ1v) is 14.3. The molecule has 0 saturated heterocycles. The van der Waals surface area contributed by atoms with Gasteiger partial charge in [-0.25, -0.2) is 4.79 Å². The second-order valence-corrected chi connectivity index (χ2v) is 18.2. The molecular weight excluding hydrogens is 382 g/mol. The quantitative estimate of drug-likeness (QED) is 0.409. The fourth-order valence-electron chi connectivity index (χ4n) is 4.07. The van der Waals surface area contributed by atoms with E-state index in [-0.39, 0.29) is 6.09 Å². The Balaban J connectivity index is 3.00. The number of benzene rings is 1. The molecule has 0 atom stereocenters. The zero-order valence-corrected chi connectivity index (χ0v) is 21.4. The number of carbonyl (C=O) groups is 1. The van der Waals surface area contributed by atoms with E-state index in [1.807, 2.05) is 27.8 Å². The minimum Gasteiger partial charge on any atom is -0.444 e. The molecule has 1 aromatic carbocycles. The molecule has 28 heavy (non-hydrogen) atoms. The first kappa shape index (κ1) is 25.1. The Morgan fingerprint density at radius 2 is 1.54 bits per heavy atom. The Bertz CT molecular complexity index is 616. The fourth-order valence-corrected chi connectivity index (χ4v) is 13.5. The minimum absolute atomic E-state index is 0.257. The summed E-state index contributed by atoms with van der Waals surface area (Å²) in [4.78, 5) is 15.3. The normalized spacial score (nSPS) is 12.8. The molecule has 3 nitrogen and oxygen atoms in total. The van der Waals surface area contributed by atoms with E-state index in [1.165, 1.54) is 10.5 Å². The van der Waals surface area contributed by atoms with Gasteiger partial charge in [-0.05, 0) is 55.4 Å². The lowest BCUT2D eigenvalue weighted by Crippen LogP contribution is -2.41. The largest absolute Gasteiger partial charge is 0.444 e. The third-order valence-electron chi connectivity index (χ3n) is 5.39. The number of amides is 1. The zero-order valence-electron chi connectivity index (χ0n) is 19.6. The molecular formula is C23H41NO2SSi. The van der Waals surface area contributed by atoms with Crippen LogP contribution >= 0.6 is 11.2 Å². The van der Waals surface area contributed by atoms with Gasteiger partial charge in [0.2, 0.25) is 0 Å². The Hall–Kier alpha value is -0.943. The minimum atomic E-state index is -1.60. The van der Waals surface area contributed by atoms with Crippen molar-refractivity contribution in [3.63, 3.8) is 0 Å². The third-order valence-corrected chi connectivity index (χ3v) is 17.7. The second kappa shape index (κ2) is 10.2. The predicted molar refractivity (Wildman–Crippen MR) is 126 cm³/mol. The molecule has 0 fully saturated rings. The number of ether oxygens (including phenoxy) is 1. The Kier molecular flexibility index (Phi) is 9.14. The SMILES string of the molecule is CC(C)[Si](Sc1ccccc1CCN(C)C(=O)OC(C)(C)C)(C(C)C)C(C)C. The monoisotopic (exact) mass is 423 g/mol. The summed E-state index contributed by atoms with van der Waals surface area (Å²) in [6.07, 6.45) is 0.588. The number of hydrogen-bond donors (Lipinski definition) is 0. The summed E-state index contributed by atoms with van der Waals surface area (Å²) in [5, 5.41) is 0. The van der Waals surface area contributed by atoms with Gasteiger partial charge in [-0.15, -0.1) is 11.2 Å². The lowest BCUT2D eigenvalue weighted by atomic mass is 10.1. The number of carbonyl (C=O) groups excluding carboxylic acids is 1. The van der Waals surface area contributed by atoms with Crippen LogP contribution in [0.25, 0.3) is 0 Å². The van der Waals surface area contributed by atoms with Crippen molar-refractivity contribution in [1.29, 1.82) is 0 Å². The van der Waals surface area contributed by atoms with Gasteiger partial charge < -0.3 is 9.64 Å². The summed E-state index contributed by atoms with van der Waals surface area (Å²) in [6, 6.07) is 8.73. The molecule has 0 radical (unpaired) electrons. The van der Waals surface area contributed by atoms with Crippen LogP contribution in [0, 0.1) is 0 Å². The average molecular weight is 424 g/mol. The van der Waals surface area contributed by atoms with Crippen LogP contribution in [0.15, 0.2) is 29.2 Å². The molecule has 0 aliphatic rings. The maximum atomic E-state index is 12.3. The fraction of sp³-hybridized carbons (Fsp3) is 0.696. The molecule has 1 aromatic rings. The molecule has 0 unspecified atom stereocenters. The number of rotatable bonds is 8. The van der Waals surface area contributed by atoms with Crippen molar-refractivity contribution in [2.24, 2.45) is 0 Å². The van der Waals surface area contributed by atoms with E-state index in [0.717, 1.165) is 6.42 Å². The van der Waals surface area contributed by atoms with Gasteiger partial charge in [-0.2, -0.15) is 0 Å². The summed E-state index contributed by atoms with van der Waals surface area (Å²) in [6.45, 7) is 20.8. The van der Waals surface area contributed by atoms with Crippen LogP contribution in [-0.4, -0.2) is 37.4 Å². The van der Waals surface area contributed by atoms with Crippen LogP contribution in [0.5, 0.6) is 0 Å². The van der Waals surface area contributed by atoms with Crippen LogP contribution in [0.4, 0.5) is 4.79 Å². The van der Waals surface area contributed by atoms with Crippen LogP contribution in [0.3, 0.4) is 0 Å². The van der Waals surface area contributed by atoms with E-state index in [0.29, 0.717) is 23.2 Å². The summed E-state index contributed by atoms with van der Waals surface area (Å²) in [5.41, 5.74) is 2.98. The molecule has 160 valence electrons. The second-order valence-electron chi connectivity index (χ2n) is 9.68. The molecule has 1 amide bonds. The highest BCUT2D eigenvalue weighted by Crippen LogP contribution is 2.52. The predicted octanol–water partition coefficient (Wildman–Crippen LogP) is 7.36. The third kappa shape index (κ3) is 6.55. The summed E-state index contributed by atoms with van der Waals surface area (Å²) >= 11 is 2.16. The van der Waals surface area contributed by atoms with Gasteiger partial charge in [-0.1, -0.05) is 59.7 Å².